The SMILES string of the molecule is CCN(Cc1cccc(F)c1)C(=O)CC(NC(N)=O)c1ccccc1C. The lowest BCUT2D eigenvalue weighted by molar-refractivity contribution is -0.132. The van der Waals surface area contributed by atoms with Crippen molar-refractivity contribution >= 4 is 11.9 Å². The van der Waals surface area contributed by atoms with Gasteiger partial charge in [-0.15, -0.1) is 0 Å². The van der Waals surface area contributed by atoms with Crippen LogP contribution in [0.1, 0.15) is 36.1 Å². The highest BCUT2D eigenvalue weighted by Crippen LogP contribution is 2.22. The summed E-state index contributed by atoms with van der Waals surface area (Å²) in [4.78, 5) is 25.8. The van der Waals surface area contributed by atoms with Crippen molar-refractivity contribution in [2.24, 2.45) is 5.73 Å². The maximum Gasteiger partial charge on any atom is 0.312 e. The van der Waals surface area contributed by atoms with Gasteiger partial charge in [0, 0.05) is 13.1 Å². The third kappa shape index (κ3) is 5.31. The second-order valence-corrected chi connectivity index (χ2v) is 6.16. The summed E-state index contributed by atoms with van der Waals surface area (Å²) in [6, 6.07) is 12.5. The fourth-order valence-corrected chi connectivity index (χ4v) is 2.92. The van der Waals surface area contributed by atoms with Crippen LogP contribution in [-0.2, 0) is 11.3 Å². The summed E-state index contributed by atoms with van der Waals surface area (Å²) in [6.45, 7) is 4.57. The fourth-order valence-electron chi connectivity index (χ4n) is 2.92. The summed E-state index contributed by atoms with van der Waals surface area (Å²) in [5.74, 6) is -0.474. The Morgan fingerprint density at radius 1 is 1.19 bits per heavy atom. The highest BCUT2D eigenvalue weighted by molar-refractivity contribution is 5.79. The summed E-state index contributed by atoms with van der Waals surface area (Å²) < 4.78 is 13.4. The molecule has 2 aromatic rings. The van der Waals surface area contributed by atoms with Crippen LogP contribution >= 0.6 is 0 Å². The number of benzene rings is 2. The zero-order chi connectivity index (χ0) is 19.1. The summed E-state index contributed by atoms with van der Waals surface area (Å²) in [5.41, 5.74) is 7.82. The molecule has 1 atom stereocenters. The molecule has 0 radical (unpaired) electrons. The molecule has 3 amide bonds. The van der Waals surface area contributed by atoms with Crippen LogP contribution in [0.3, 0.4) is 0 Å². The number of nitrogens with two attached hydrogens (primary N) is 1. The Bertz CT molecular complexity index is 779. The number of nitrogens with zero attached hydrogens (tertiary/aromatic N) is 1. The zero-order valence-electron chi connectivity index (χ0n) is 15.0. The Balaban J connectivity index is 2.16. The molecule has 0 saturated carbocycles. The fraction of sp³-hybridized carbons (Fsp3) is 0.300. The monoisotopic (exact) mass is 357 g/mol. The van der Waals surface area contributed by atoms with Gasteiger partial charge in [0.15, 0.2) is 0 Å². The molecule has 3 N–H and O–H groups in total. The van der Waals surface area contributed by atoms with Gasteiger partial charge >= 0.3 is 6.03 Å². The normalized spacial score (nSPS) is 11.7. The standard InChI is InChI=1S/C20H24FN3O2/c1-3-24(13-15-8-6-9-16(21)11-15)19(25)12-18(23-20(22)26)17-10-5-4-7-14(17)2/h4-11,18H,3,12-13H2,1-2H3,(H3,22,23,26). The van der Waals surface area contributed by atoms with E-state index in [9.17, 15) is 14.0 Å². The second kappa shape index (κ2) is 8.99. The van der Waals surface area contributed by atoms with Crippen molar-refractivity contribution in [3.05, 3.63) is 71.0 Å². The van der Waals surface area contributed by atoms with E-state index in [0.29, 0.717) is 13.1 Å². The first-order chi connectivity index (χ1) is 12.4. The van der Waals surface area contributed by atoms with Gasteiger partial charge in [-0.3, -0.25) is 4.79 Å². The summed E-state index contributed by atoms with van der Waals surface area (Å²) in [5, 5.41) is 2.65. The van der Waals surface area contributed by atoms with Crippen molar-refractivity contribution < 1.29 is 14.0 Å². The largest absolute Gasteiger partial charge is 0.352 e. The quantitative estimate of drug-likeness (QED) is 0.798. The topological polar surface area (TPSA) is 75.4 Å². The second-order valence-electron chi connectivity index (χ2n) is 6.16. The molecule has 0 aliphatic rings. The van der Waals surface area contributed by atoms with Crippen LogP contribution in [-0.4, -0.2) is 23.4 Å². The van der Waals surface area contributed by atoms with E-state index in [-0.39, 0.29) is 18.1 Å². The average Bonchev–Trinajstić information content (AvgIpc) is 2.59. The van der Waals surface area contributed by atoms with Crippen LogP contribution in [0.4, 0.5) is 9.18 Å². The number of rotatable bonds is 7. The average molecular weight is 357 g/mol. The van der Waals surface area contributed by atoms with E-state index in [0.717, 1.165) is 16.7 Å². The highest BCUT2D eigenvalue weighted by atomic mass is 19.1. The van der Waals surface area contributed by atoms with Gasteiger partial charge in [-0.05, 0) is 42.7 Å². The third-order valence-corrected chi connectivity index (χ3v) is 4.26. The molecule has 0 bridgehead atoms. The number of carbonyl (C=O) groups excluding carboxylic acids is 2. The van der Waals surface area contributed by atoms with Gasteiger partial charge in [0.05, 0.1) is 12.5 Å². The lowest BCUT2D eigenvalue weighted by atomic mass is 9.98. The van der Waals surface area contributed by atoms with Gasteiger partial charge in [-0.1, -0.05) is 36.4 Å². The number of nitrogens with one attached hydrogen (secondary N) is 1. The summed E-state index contributed by atoms with van der Waals surface area (Å²) in [6.07, 6.45) is 0.0803. The molecule has 26 heavy (non-hydrogen) atoms. The Morgan fingerprint density at radius 3 is 2.54 bits per heavy atom. The molecule has 2 aromatic carbocycles. The van der Waals surface area contributed by atoms with Crippen molar-refractivity contribution in [2.75, 3.05) is 6.54 Å². The molecular weight excluding hydrogens is 333 g/mol. The van der Waals surface area contributed by atoms with Crippen LogP contribution in [0.5, 0.6) is 0 Å². The molecule has 0 aliphatic carbocycles. The molecule has 0 saturated heterocycles. The molecule has 5 nitrogen and oxygen atoms in total. The predicted molar refractivity (Wildman–Crippen MR) is 98.7 cm³/mol. The summed E-state index contributed by atoms with van der Waals surface area (Å²) in [7, 11) is 0. The van der Waals surface area contributed by atoms with Crippen LogP contribution in [0, 0.1) is 12.7 Å². The minimum absolute atomic E-state index is 0.0803. The number of aryl methyl sites for hydroxylation is 1. The van der Waals surface area contributed by atoms with Crippen LogP contribution in [0.2, 0.25) is 0 Å². The number of primary amides is 1. The first-order valence-electron chi connectivity index (χ1n) is 8.54. The van der Waals surface area contributed by atoms with Gasteiger partial charge in [0.1, 0.15) is 5.82 Å². The van der Waals surface area contributed by atoms with E-state index in [2.05, 4.69) is 5.32 Å². The Hall–Kier alpha value is -2.89. The maximum absolute atomic E-state index is 13.4. The molecule has 0 aliphatic heterocycles. The summed E-state index contributed by atoms with van der Waals surface area (Å²) >= 11 is 0. The van der Waals surface area contributed by atoms with E-state index in [4.69, 9.17) is 5.73 Å². The number of amides is 3. The first-order valence-corrected chi connectivity index (χ1v) is 8.54. The third-order valence-electron chi connectivity index (χ3n) is 4.26. The highest BCUT2D eigenvalue weighted by Gasteiger charge is 2.22. The van der Waals surface area contributed by atoms with E-state index in [1.54, 1.807) is 17.0 Å². The smallest absolute Gasteiger partial charge is 0.312 e. The van der Waals surface area contributed by atoms with Crippen molar-refractivity contribution in [3.8, 4) is 0 Å². The molecule has 138 valence electrons. The van der Waals surface area contributed by atoms with Crippen molar-refractivity contribution in [1.29, 1.82) is 0 Å². The van der Waals surface area contributed by atoms with Gasteiger partial charge in [-0.25, -0.2) is 9.18 Å². The molecule has 1 unspecified atom stereocenters. The van der Waals surface area contributed by atoms with Crippen LogP contribution < -0.4 is 11.1 Å². The Morgan fingerprint density at radius 2 is 1.92 bits per heavy atom. The van der Waals surface area contributed by atoms with Crippen molar-refractivity contribution in [3.63, 3.8) is 0 Å². The van der Waals surface area contributed by atoms with E-state index in [1.807, 2.05) is 38.1 Å². The van der Waals surface area contributed by atoms with Gasteiger partial charge in [-0.2, -0.15) is 0 Å². The predicted octanol–water partition coefficient (Wildman–Crippen LogP) is 3.28. The minimum Gasteiger partial charge on any atom is -0.352 e. The van der Waals surface area contributed by atoms with Crippen LogP contribution in [0.25, 0.3) is 0 Å². The molecule has 2 rings (SSSR count). The van der Waals surface area contributed by atoms with E-state index in [1.165, 1.54) is 12.1 Å². The number of hydrogen-bond donors (Lipinski definition) is 2. The number of urea groups is 1. The molecule has 0 aromatic heterocycles. The lowest BCUT2D eigenvalue weighted by Crippen LogP contribution is -2.38. The maximum atomic E-state index is 13.4. The first kappa shape index (κ1) is 19.4. The van der Waals surface area contributed by atoms with E-state index < -0.39 is 12.1 Å². The molecule has 0 fully saturated rings. The van der Waals surface area contributed by atoms with Gasteiger partial charge in [0.2, 0.25) is 5.91 Å². The number of halogens is 1. The van der Waals surface area contributed by atoms with Crippen molar-refractivity contribution in [1.82, 2.24) is 10.2 Å². The zero-order valence-corrected chi connectivity index (χ0v) is 15.0. The minimum atomic E-state index is -0.681. The van der Waals surface area contributed by atoms with Crippen molar-refractivity contribution in [2.45, 2.75) is 32.9 Å². The Labute approximate surface area is 153 Å². The molecule has 6 heteroatoms. The van der Waals surface area contributed by atoms with Gasteiger partial charge in [0.25, 0.3) is 0 Å². The van der Waals surface area contributed by atoms with Crippen LogP contribution in [0.15, 0.2) is 48.5 Å². The van der Waals surface area contributed by atoms with Gasteiger partial charge < -0.3 is 16.0 Å². The Kier molecular flexibility index (Phi) is 6.72. The number of hydrogen-bond acceptors (Lipinski definition) is 2. The molecular formula is C20H24FN3O2. The lowest BCUT2D eigenvalue weighted by Gasteiger charge is -2.25. The number of carbonyl (C=O) groups is 2. The van der Waals surface area contributed by atoms with E-state index >= 15 is 0 Å². The molecule has 0 spiro atoms. The molecule has 0 heterocycles.